The van der Waals surface area contributed by atoms with Crippen LogP contribution >= 0.6 is 0 Å². The number of hydrogen-bond acceptors (Lipinski definition) is 3. The van der Waals surface area contributed by atoms with Crippen molar-refractivity contribution in [3.05, 3.63) is 65.9 Å². The molecule has 2 aromatic rings. The summed E-state index contributed by atoms with van der Waals surface area (Å²) in [4.78, 5) is 14.6. The lowest BCUT2D eigenvalue weighted by Gasteiger charge is -2.22. The van der Waals surface area contributed by atoms with E-state index in [1.807, 2.05) is 61.5 Å². The van der Waals surface area contributed by atoms with E-state index < -0.39 is 0 Å². The van der Waals surface area contributed by atoms with Crippen molar-refractivity contribution in [2.75, 3.05) is 12.0 Å². The zero-order valence-corrected chi connectivity index (χ0v) is 12.6. The molecule has 0 fully saturated rings. The molecule has 1 unspecified atom stereocenters. The maximum atomic E-state index is 12.9. The van der Waals surface area contributed by atoms with E-state index in [1.54, 1.807) is 12.0 Å². The van der Waals surface area contributed by atoms with Crippen molar-refractivity contribution < 1.29 is 9.53 Å². The number of methoxy groups -OCH3 is 1. The van der Waals surface area contributed by atoms with Crippen molar-refractivity contribution in [3.63, 3.8) is 0 Å². The van der Waals surface area contributed by atoms with Crippen LogP contribution in [0.5, 0.6) is 5.75 Å². The van der Waals surface area contributed by atoms with Crippen LogP contribution in [-0.2, 0) is 4.79 Å². The molecule has 2 N–H and O–H groups in total. The lowest BCUT2D eigenvalue weighted by atomic mass is 10.0. The molecule has 0 aliphatic carbocycles. The molecule has 1 amide bonds. The van der Waals surface area contributed by atoms with Crippen molar-refractivity contribution in [2.24, 2.45) is 5.73 Å². The third kappa shape index (κ3) is 2.22. The van der Waals surface area contributed by atoms with Crippen LogP contribution in [0.3, 0.4) is 0 Å². The van der Waals surface area contributed by atoms with Crippen LogP contribution in [0.25, 0.3) is 5.57 Å². The molecular weight excluding hydrogens is 276 g/mol. The zero-order chi connectivity index (χ0) is 15.7. The van der Waals surface area contributed by atoms with Crippen molar-refractivity contribution >= 4 is 17.2 Å². The molecule has 1 aliphatic rings. The molecule has 1 heterocycles. The van der Waals surface area contributed by atoms with Crippen LogP contribution in [0.4, 0.5) is 5.69 Å². The topological polar surface area (TPSA) is 55.6 Å². The Kier molecular flexibility index (Phi) is 3.59. The van der Waals surface area contributed by atoms with E-state index in [1.165, 1.54) is 0 Å². The molecule has 0 saturated heterocycles. The summed E-state index contributed by atoms with van der Waals surface area (Å²) in [5.74, 6) is 0.626. The number of nitrogens with two attached hydrogens (primary N) is 1. The number of benzene rings is 2. The van der Waals surface area contributed by atoms with Gasteiger partial charge in [-0.2, -0.15) is 0 Å². The maximum absolute atomic E-state index is 12.9. The third-order valence-corrected chi connectivity index (χ3v) is 3.95. The van der Waals surface area contributed by atoms with Gasteiger partial charge in [-0.15, -0.1) is 0 Å². The molecule has 3 rings (SSSR count). The standard InChI is InChI=1S/C18H18N2O2/c1-12-17(19)16(13-7-6-10-15(11-13)22-2)18(21)20(12)14-8-4-3-5-9-14/h3-12H,19H2,1-2H3. The third-order valence-electron chi connectivity index (χ3n) is 3.95. The highest BCUT2D eigenvalue weighted by Gasteiger charge is 2.36. The summed E-state index contributed by atoms with van der Waals surface area (Å²) in [6.45, 7) is 1.94. The summed E-state index contributed by atoms with van der Waals surface area (Å²) in [7, 11) is 1.60. The van der Waals surface area contributed by atoms with Crippen LogP contribution in [0.2, 0.25) is 0 Å². The minimum absolute atomic E-state index is 0.0792. The van der Waals surface area contributed by atoms with E-state index in [9.17, 15) is 4.79 Å². The number of carbonyl (C=O) groups is 1. The summed E-state index contributed by atoms with van der Waals surface area (Å²) in [5.41, 5.74) is 9.01. The predicted molar refractivity (Wildman–Crippen MR) is 87.5 cm³/mol. The first kappa shape index (κ1) is 14.2. The van der Waals surface area contributed by atoms with Gasteiger partial charge in [-0.1, -0.05) is 30.3 Å². The van der Waals surface area contributed by atoms with Crippen LogP contribution in [0.1, 0.15) is 12.5 Å². The normalized spacial score (nSPS) is 18.0. The number of carbonyl (C=O) groups excluding carboxylic acids is 1. The summed E-state index contributed by atoms with van der Waals surface area (Å²) >= 11 is 0. The Hall–Kier alpha value is -2.75. The quantitative estimate of drug-likeness (QED) is 0.947. The van der Waals surface area contributed by atoms with E-state index in [0.717, 1.165) is 11.3 Å². The monoisotopic (exact) mass is 294 g/mol. The van der Waals surface area contributed by atoms with Crippen molar-refractivity contribution in [2.45, 2.75) is 13.0 Å². The Morgan fingerprint density at radius 2 is 1.82 bits per heavy atom. The molecule has 4 heteroatoms. The Bertz CT molecular complexity index is 738. The average Bonchev–Trinajstić information content (AvgIpc) is 2.78. The summed E-state index contributed by atoms with van der Waals surface area (Å²) in [6, 6.07) is 16.8. The molecule has 1 aliphatic heterocycles. The van der Waals surface area contributed by atoms with Gasteiger partial charge >= 0.3 is 0 Å². The molecule has 2 aromatic carbocycles. The van der Waals surface area contributed by atoms with Gasteiger partial charge in [0.05, 0.1) is 18.7 Å². The molecule has 1 atom stereocenters. The second-order valence-electron chi connectivity index (χ2n) is 5.25. The minimum atomic E-state index is -0.170. The van der Waals surface area contributed by atoms with Crippen LogP contribution in [-0.4, -0.2) is 19.1 Å². The number of para-hydroxylation sites is 1. The van der Waals surface area contributed by atoms with E-state index in [-0.39, 0.29) is 11.9 Å². The van der Waals surface area contributed by atoms with Crippen LogP contribution < -0.4 is 15.4 Å². The summed E-state index contributed by atoms with van der Waals surface area (Å²) in [6.07, 6.45) is 0. The fraction of sp³-hybridized carbons (Fsp3) is 0.167. The Morgan fingerprint density at radius 1 is 1.09 bits per heavy atom. The highest BCUT2D eigenvalue weighted by atomic mass is 16.5. The van der Waals surface area contributed by atoms with E-state index in [0.29, 0.717) is 17.0 Å². The van der Waals surface area contributed by atoms with Gasteiger partial charge in [-0.25, -0.2) is 0 Å². The van der Waals surface area contributed by atoms with Crippen LogP contribution in [0.15, 0.2) is 60.3 Å². The SMILES string of the molecule is COc1cccc(C2=C(N)C(C)N(c3ccccc3)C2=O)c1. The molecule has 0 radical (unpaired) electrons. The van der Waals surface area contributed by atoms with Crippen molar-refractivity contribution in [1.29, 1.82) is 0 Å². The first-order valence-corrected chi connectivity index (χ1v) is 7.16. The second kappa shape index (κ2) is 5.56. The molecule has 0 spiro atoms. The van der Waals surface area contributed by atoms with Gasteiger partial charge in [-0.3, -0.25) is 9.69 Å². The maximum Gasteiger partial charge on any atom is 0.261 e. The van der Waals surface area contributed by atoms with Gasteiger partial charge in [0.15, 0.2) is 0 Å². The van der Waals surface area contributed by atoms with Crippen molar-refractivity contribution in [3.8, 4) is 5.75 Å². The fourth-order valence-corrected chi connectivity index (χ4v) is 2.77. The average molecular weight is 294 g/mol. The Balaban J connectivity index is 2.04. The van der Waals surface area contributed by atoms with Crippen LogP contribution in [0, 0.1) is 0 Å². The number of ether oxygens (including phenoxy) is 1. The zero-order valence-electron chi connectivity index (χ0n) is 12.6. The van der Waals surface area contributed by atoms with Gasteiger partial charge in [-0.05, 0) is 36.8 Å². The molecule has 22 heavy (non-hydrogen) atoms. The molecule has 0 saturated carbocycles. The van der Waals surface area contributed by atoms with E-state index in [2.05, 4.69) is 0 Å². The Morgan fingerprint density at radius 3 is 2.50 bits per heavy atom. The van der Waals surface area contributed by atoms with Gasteiger partial charge in [0.25, 0.3) is 5.91 Å². The fourth-order valence-electron chi connectivity index (χ4n) is 2.77. The smallest absolute Gasteiger partial charge is 0.261 e. The lowest BCUT2D eigenvalue weighted by molar-refractivity contribution is -0.113. The van der Waals surface area contributed by atoms with E-state index in [4.69, 9.17) is 10.5 Å². The molecular formula is C18H18N2O2. The molecule has 4 nitrogen and oxygen atoms in total. The molecule has 0 bridgehead atoms. The largest absolute Gasteiger partial charge is 0.497 e. The number of hydrogen-bond donors (Lipinski definition) is 1. The van der Waals surface area contributed by atoms with Gasteiger partial charge < -0.3 is 10.5 Å². The van der Waals surface area contributed by atoms with Gasteiger partial charge in [0, 0.05) is 11.4 Å². The Labute approximate surface area is 129 Å². The highest BCUT2D eigenvalue weighted by molar-refractivity contribution is 6.30. The van der Waals surface area contributed by atoms with Gasteiger partial charge in [0.2, 0.25) is 0 Å². The number of nitrogens with zero attached hydrogens (tertiary/aromatic N) is 1. The van der Waals surface area contributed by atoms with Gasteiger partial charge in [0.1, 0.15) is 5.75 Å². The summed E-state index contributed by atoms with van der Waals surface area (Å²) < 4.78 is 5.23. The van der Waals surface area contributed by atoms with Crippen molar-refractivity contribution in [1.82, 2.24) is 0 Å². The number of rotatable bonds is 3. The molecule has 0 aromatic heterocycles. The minimum Gasteiger partial charge on any atom is -0.497 e. The lowest BCUT2D eigenvalue weighted by Crippen LogP contribution is -2.34. The number of amides is 1. The summed E-state index contributed by atoms with van der Waals surface area (Å²) in [5, 5.41) is 0. The number of anilines is 1. The first-order chi connectivity index (χ1) is 10.6. The molecule has 112 valence electrons. The second-order valence-corrected chi connectivity index (χ2v) is 5.25. The highest BCUT2D eigenvalue weighted by Crippen LogP contribution is 2.34. The predicted octanol–water partition coefficient (Wildman–Crippen LogP) is 2.80. The van der Waals surface area contributed by atoms with E-state index >= 15 is 0 Å². The first-order valence-electron chi connectivity index (χ1n) is 7.16.